The molecule has 6 heteroatoms. The molecule has 0 fully saturated rings. The maximum atomic E-state index is 5.91. The molecule has 0 amide bonds. The number of furan rings is 1. The average molecular weight is 263 g/mol. The van der Waals surface area contributed by atoms with Crippen LogP contribution in [0.5, 0.6) is 0 Å². The van der Waals surface area contributed by atoms with Gasteiger partial charge in [-0.25, -0.2) is 0 Å². The van der Waals surface area contributed by atoms with Gasteiger partial charge in [0.2, 0.25) is 5.96 Å². The lowest BCUT2D eigenvalue weighted by Gasteiger charge is -1.96. The fourth-order valence-corrected chi connectivity index (χ4v) is 1.56. The van der Waals surface area contributed by atoms with Crippen LogP contribution in [0.15, 0.2) is 51.0 Å². The molecule has 4 N–H and O–H groups in total. The van der Waals surface area contributed by atoms with E-state index in [1.807, 2.05) is 24.3 Å². The van der Waals surface area contributed by atoms with Crippen molar-refractivity contribution in [2.45, 2.75) is 0 Å². The molecule has 5 nitrogen and oxygen atoms in total. The maximum absolute atomic E-state index is 5.91. The Kier molecular flexibility index (Phi) is 3.64. The number of hydrogen-bond acceptors (Lipinski definition) is 3. The van der Waals surface area contributed by atoms with Crippen molar-refractivity contribution in [3.05, 3.63) is 47.2 Å². The van der Waals surface area contributed by atoms with Crippen LogP contribution in [0.2, 0.25) is 5.02 Å². The van der Waals surface area contributed by atoms with Gasteiger partial charge in [-0.3, -0.25) is 0 Å². The highest BCUT2D eigenvalue weighted by Crippen LogP contribution is 2.24. The van der Waals surface area contributed by atoms with Crippen LogP contribution >= 0.6 is 11.6 Å². The quantitative estimate of drug-likeness (QED) is 0.505. The third-order valence-corrected chi connectivity index (χ3v) is 2.33. The predicted octanol–water partition coefficient (Wildman–Crippen LogP) is 2.21. The van der Waals surface area contributed by atoms with Crippen molar-refractivity contribution in [1.29, 1.82) is 0 Å². The van der Waals surface area contributed by atoms with Crippen LogP contribution < -0.4 is 11.5 Å². The lowest BCUT2D eigenvalue weighted by Crippen LogP contribution is -2.21. The number of hydrogen-bond donors (Lipinski definition) is 2. The van der Waals surface area contributed by atoms with Crippen LogP contribution in [0.4, 0.5) is 0 Å². The Morgan fingerprint density at radius 3 is 2.78 bits per heavy atom. The molecule has 0 aliphatic carbocycles. The molecular weight excluding hydrogens is 252 g/mol. The number of nitrogens with two attached hydrogens (primary N) is 2. The lowest BCUT2D eigenvalue weighted by atomic mass is 10.2. The Bertz CT molecular complexity index is 600. The van der Waals surface area contributed by atoms with Crippen molar-refractivity contribution in [1.82, 2.24) is 0 Å². The van der Waals surface area contributed by atoms with Gasteiger partial charge in [0.05, 0.1) is 6.21 Å². The topological polar surface area (TPSA) is 89.9 Å². The summed E-state index contributed by atoms with van der Waals surface area (Å²) in [5.74, 6) is 1.14. The first-order valence-corrected chi connectivity index (χ1v) is 5.51. The van der Waals surface area contributed by atoms with Crippen LogP contribution in [0, 0.1) is 0 Å². The monoisotopic (exact) mass is 262 g/mol. The Morgan fingerprint density at radius 1 is 1.22 bits per heavy atom. The molecule has 1 heterocycles. The Labute approximate surface area is 109 Å². The van der Waals surface area contributed by atoms with Gasteiger partial charge in [-0.05, 0) is 24.3 Å². The molecule has 0 saturated carbocycles. The minimum absolute atomic E-state index is 0.104. The van der Waals surface area contributed by atoms with E-state index in [9.17, 15) is 0 Å². The zero-order chi connectivity index (χ0) is 13.0. The standard InChI is InChI=1S/C12H11ClN4O/c13-9-3-1-2-8(6-9)11-5-4-10(18-11)7-16-17-12(14)15/h1-7H,(H4,14,15,17)/b16-7-. The summed E-state index contributed by atoms with van der Waals surface area (Å²) in [7, 11) is 0. The Balaban J connectivity index is 2.20. The van der Waals surface area contributed by atoms with E-state index >= 15 is 0 Å². The highest BCUT2D eigenvalue weighted by atomic mass is 35.5. The van der Waals surface area contributed by atoms with Gasteiger partial charge < -0.3 is 15.9 Å². The average Bonchev–Trinajstić information content (AvgIpc) is 2.77. The normalized spacial score (nSPS) is 10.7. The second-order valence-corrected chi connectivity index (χ2v) is 3.92. The van der Waals surface area contributed by atoms with Crippen LogP contribution in [0.3, 0.4) is 0 Å². The minimum atomic E-state index is -0.104. The molecule has 2 rings (SSSR count). The zero-order valence-electron chi connectivity index (χ0n) is 9.38. The zero-order valence-corrected chi connectivity index (χ0v) is 10.1. The van der Waals surface area contributed by atoms with E-state index in [-0.39, 0.29) is 5.96 Å². The molecule has 0 spiro atoms. The molecule has 1 aromatic carbocycles. The molecular formula is C12H11ClN4O. The maximum Gasteiger partial charge on any atom is 0.211 e. The summed E-state index contributed by atoms with van der Waals surface area (Å²) in [6.07, 6.45) is 1.42. The highest BCUT2D eigenvalue weighted by Gasteiger charge is 2.03. The van der Waals surface area contributed by atoms with Crippen LogP contribution in [-0.4, -0.2) is 12.2 Å². The molecule has 2 aromatic rings. The van der Waals surface area contributed by atoms with E-state index in [0.29, 0.717) is 16.5 Å². The van der Waals surface area contributed by atoms with Crippen LogP contribution in [0.25, 0.3) is 11.3 Å². The first-order chi connectivity index (χ1) is 8.65. The van der Waals surface area contributed by atoms with E-state index in [1.165, 1.54) is 6.21 Å². The van der Waals surface area contributed by atoms with E-state index in [1.54, 1.807) is 12.1 Å². The predicted molar refractivity (Wildman–Crippen MR) is 72.6 cm³/mol. The van der Waals surface area contributed by atoms with Crippen molar-refractivity contribution in [3.63, 3.8) is 0 Å². The molecule has 0 unspecified atom stereocenters. The summed E-state index contributed by atoms with van der Waals surface area (Å²) in [4.78, 5) is 0. The van der Waals surface area contributed by atoms with Crippen molar-refractivity contribution < 1.29 is 4.42 Å². The van der Waals surface area contributed by atoms with E-state index < -0.39 is 0 Å². The summed E-state index contributed by atoms with van der Waals surface area (Å²) in [5, 5.41) is 7.79. The van der Waals surface area contributed by atoms with Crippen molar-refractivity contribution in [3.8, 4) is 11.3 Å². The molecule has 0 atom stereocenters. The number of rotatable bonds is 3. The first kappa shape index (κ1) is 12.2. The Morgan fingerprint density at radius 2 is 2.06 bits per heavy atom. The summed E-state index contributed by atoms with van der Waals surface area (Å²) in [6, 6.07) is 11.0. The second kappa shape index (κ2) is 5.37. The number of guanidine groups is 1. The third-order valence-electron chi connectivity index (χ3n) is 2.09. The summed E-state index contributed by atoms with van der Waals surface area (Å²) < 4.78 is 5.55. The lowest BCUT2D eigenvalue weighted by molar-refractivity contribution is 0.575. The van der Waals surface area contributed by atoms with Crippen molar-refractivity contribution in [2.24, 2.45) is 21.7 Å². The van der Waals surface area contributed by atoms with Crippen molar-refractivity contribution >= 4 is 23.8 Å². The molecule has 0 saturated heterocycles. The number of nitrogens with zero attached hydrogens (tertiary/aromatic N) is 2. The third kappa shape index (κ3) is 3.11. The van der Waals surface area contributed by atoms with Gasteiger partial charge in [0.1, 0.15) is 11.5 Å². The van der Waals surface area contributed by atoms with Gasteiger partial charge in [-0.15, -0.1) is 5.10 Å². The van der Waals surface area contributed by atoms with Crippen molar-refractivity contribution in [2.75, 3.05) is 0 Å². The van der Waals surface area contributed by atoms with E-state index in [2.05, 4.69) is 10.2 Å². The van der Waals surface area contributed by atoms with Gasteiger partial charge in [-0.2, -0.15) is 5.10 Å². The summed E-state index contributed by atoms with van der Waals surface area (Å²) in [6.45, 7) is 0. The number of benzene rings is 1. The van der Waals surface area contributed by atoms with Gasteiger partial charge in [-0.1, -0.05) is 23.7 Å². The molecule has 0 aliphatic heterocycles. The van der Waals surface area contributed by atoms with Gasteiger partial charge >= 0.3 is 0 Å². The molecule has 18 heavy (non-hydrogen) atoms. The molecule has 92 valence electrons. The largest absolute Gasteiger partial charge is 0.455 e. The van der Waals surface area contributed by atoms with Gasteiger partial charge in [0.15, 0.2) is 0 Å². The Hall–Kier alpha value is -2.27. The minimum Gasteiger partial charge on any atom is -0.455 e. The van der Waals surface area contributed by atoms with E-state index in [0.717, 1.165) is 5.56 Å². The van der Waals surface area contributed by atoms with Gasteiger partial charge in [0, 0.05) is 10.6 Å². The first-order valence-electron chi connectivity index (χ1n) is 5.13. The number of halogens is 1. The smallest absolute Gasteiger partial charge is 0.211 e. The summed E-state index contributed by atoms with van der Waals surface area (Å²) in [5.41, 5.74) is 11.2. The highest BCUT2D eigenvalue weighted by molar-refractivity contribution is 6.30. The summed E-state index contributed by atoms with van der Waals surface area (Å²) >= 11 is 5.91. The molecule has 0 aliphatic rings. The molecule has 0 radical (unpaired) electrons. The van der Waals surface area contributed by atoms with Gasteiger partial charge in [0.25, 0.3) is 0 Å². The van der Waals surface area contributed by atoms with E-state index in [4.69, 9.17) is 27.5 Å². The molecule has 1 aromatic heterocycles. The SMILES string of the molecule is NC(N)=N/N=C\c1ccc(-c2cccc(Cl)c2)o1. The molecule has 0 bridgehead atoms. The fraction of sp³-hybridized carbons (Fsp3) is 0. The van der Waals surface area contributed by atoms with Crippen LogP contribution in [0.1, 0.15) is 5.76 Å². The second-order valence-electron chi connectivity index (χ2n) is 3.48. The van der Waals surface area contributed by atoms with Crippen LogP contribution in [-0.2, 0) is 0 Å². The fourth-order valence-electron chi connectivity index (χ4n) is 1.37.